The highest BCUT2D eigenvalue weighted by Crippen LogP contribution is 2.20. The molecule has 0 aliphatic rings. The SMILES string of the molecule is Cc1ccc(C(=O)Nc2cc(-c3ccccn3)no2)cc1C. The molecule has 0 unspecified atom stereocenters. The third-order valence-electron chi connectivity index (χ3n) is 3.44. The lowest BCUT2D eigenvalue weighted by atomic mass is 10.1. The number of aryl methyl sites for hydroxylation is 2. The van der Waals surface area contributed by atoms with Crippen molar-refractivity contribution >= 4 is 11.8 Å². The number of hydrogen-bond acceptors (Lipinski definition) is 4. The van der Waals surface area contributed by atoms with Crippen LogP contribution in [-0.2, 0) is 0 Å². The number of carbonyl (C=O) groups is 1. The fourth-order valence-electron chi connectivity index (χ4n) is 2.04. The summed E-state index contributed by atoms with van der Waals surface area (Å²) in [6, 6.07) is 12.7. The summed E-state index contributed by atoms with van der Waals surface area (Å²) in [6.45, 7) is 3.98. The number of rotatable bonds is 3. The van der Waals surface area contributed by atoms with Crippen LogP contribution in [0.1, 0.15) is 21.5 Å². The van der Waals surface area contributed by atoms with Crippen LogP contribution < -0.4 is 5.32 Å². The summed E-state index contributed by atoms with van der Waals surface area (Å²) in [4.78, 5) is 16.4. The van der Waals surface area contributed by atoms with Crippen LogP contribution in [0.25, 0.3) is 11.4 Å². The molecule has 0 spiro atoms. The molecular formula is C17H15N3O2. The molecule has 1 amide bonds. The Balaban J connectivity index is 1.77. The number of nitrogens with one attached hydrogen (secondary N) is 1. The first-order chi connectivity index (χ1) is 10.6. The molecule has 22 heavy (non-hydrogen) atoms. The summed E-state index contributed by atoms with van der Waals surface area (Å²) in [6.07, 6.45) is 1.68. The van der Waals surface area contributed by atoms with Crippen molar-refractivity contribution in [2.45, 2.75) is 13.8 Å². The Morgan fingerprint density at radius 1 is 1.05 bits per heavy atom. The van der Waals surface area contributed by atoms with Gasteiger partial charge >= 0.3 is 0 Å². The third kappa shape index (κ3) is 2.88. The molecule has 110 valence electrons. The number of amides is 1. The van der Waals surface area contributed by atoms with E-state index in [1.54, 1.807) is 18.3 Å². The number of pyridine rings is 1. The van der Waals surface area contributed by atoms with E-state index in [0.717, 1.165) is 11.1 Å². The zero-order valence-corrected chi connectivity index (χ0v) is 12.3. The predicted octanol–water partition coefficient (Wildman–Crippen LogP) is 3.61. The van der Waals surface area contributed by atoms with Crippen molar-refractivity contribution in [3.63, 3.8) is 0 Å². The van der Waals surface area contributed by atoms with Crippen LogP contribution in [0.5, 0.6) is 0 Å². The first-order valence-electron chi connectivity index (χ1n) is 6.90. The molecule has 1 aromatic carbocycles. The van der Waals surface area contributed by atoms with E-state index in [2.05, 4.69) is 15.5 Å². The molecular weight excluding hydrogens is 278 g/mol. The standard InChI is InChI=1S/C17H15N3O2/c1-11-6-7-13(9-12(11)2)17(21)19-16-10-15(20-22-16)14-5-3-4-8-18-14/h3-10H,1-2H3,(H,19,21). The highest BCUT2D eigenvalue weighted by atomic mass is 16.5. The number of aromatic nitrogens is 2. The monoisotopic (exact) mass is 293 g/mol. The summed E-state index contributed by atoms with van der Waals surface area (Å²) in [5, 5.41) is 6.61. The molecule has 1 N–H and O–H groups in total. The average Bonchev–Trinajstić information content (AvgIpc) is 2.99. The van der Waals surface area contributed by atoms with Crippen molar-refractivity contribution in [1.29, 1.82) is 0 Å². The lowest BCUT2D eigenvalue weighted by molar-refractivity contribution is 0.102. The molecule has 2 heterocycles. The molecule has 3 aromatic rings. The van der Waals surface area contributed by atoms with Crippen molar-refractivity contribution in [3.8, 4) is 11.4 Å². The minimum absolute atomic E-state index is 0.230. The van der Waals surface area contributed by atoms with Crippen LogP contribution in [0.2, 0.25) is 0 Å². The maximum Gasteiger partial charge on any atom is 0.258 e. The fraction of sp³-hybridized carbons (Fsp3) is 0.118. The van der Waals surface area contributed by atoms with Gasteiger partial charge in [-0.1, -0.05) is 17.3 Å². The first kappa shape index (κ1) is 14.0. The maximum absolute atomic E-state index is 12.2. The Kier molecular flexibility index (Phi) is 3.70. The summed E-state index contributed by atoms with van der Waals surface area (Å²) < 4.78 is 5.14. The van der Waals surface area contributed by atoms with Gasteiger partial charge < -0.3 is 4.52 Å². The third-order valence-corrected chi connectivity index (χ3v) is 3.44. The van der Waals surface area contributed by atoms with Crippen molar-refractivity contribution < 1.29 is 9.32 Å². The molecule has 0 aliphatic heterocycles. The highest BCUT2D eigenvalue weighted by Gasteiger charge is 2.12. The average molecular weight is 293 g/mol. The van der Waals surface area contributed by atoms with Gasteiger partial charge in [-0.2, -0.15) is 0 Å². The van der Waals surface area contributed by atoms with Crippen LogP contribution in [0.3, 0.4) is 0 Å². The molecule has 5 nitrogen and oxygen atoms in total. The fourth-order valence-corrected chi connectivity index (χ4v) is 2.04. The quantitative estimate of drug-likeness (QED) is 0.801. The van der Waals surface area contributed by atoms with Crippen LogP contribution in [0, 0.1) is 13.8 Å². The molecule has 3 rings (SSSR count). The van der Waals surface area contributed by atoms with E-state index < -0.39 is 0 Å². The summed E-state index contributed by atoms with van der Waals surface area (Å²) in [5.41, 5.74) is 4.07. The molecule has 0 bridgehead atoms. The van der Waals surface area contributed by atoms with E-state index in [4.69, 9.17) is 4.52 Å². The van der Waals surface area contributed by atoms with Gasteiger partial charge in [0.15, 0.2) is 0 Å². The van der Waals surface area contributed by atoms with Crippen LogP contribution in [-0.4, -0.2) is 16.0 Å². The normalized spacial score (nSPS) is 10.5. The van der Waals surface area contributed by atoms with Crippen LogP contribution >= 0.6 is 0 Å². The minimum Gasteiger partial charge on any atom is -0.338 e. The zero-order valence-electron chi connectivity index (χ0n) is 12.3. The highest BCUT2D eigenvalue weighted by molar-refractivity contribution is 6.03. The van der Waals surface area contributed by atoms with Crippen molar-refractivity contribution in [1.82, 2.24) is 10.1 Å². The Morgan fingerprint density at radius 2 is 1.91 bits per heavy atom. The van der Waals surface area contributed by atoms with E-state index >= 15 is 0 Å². The molecule has 0 aliphatic carbocycles. The smallest absolute Gasteiger partial charge is 0.258 e. The van der Waals surface area contributed by atoms with Gasteiger partial charge in [-0.05, 0) is 49.2 Å². The Hall–Kier alpha value is -2.95. The largest absolute Gasteiger partial charge is 0.338 e. The molecule has 0 atom stereocenters. The Labute approximate surface area is 128 Å². The van der Waals surface area contributed by atoms with Crippen molar-refractivity contribution in [3.05, 3.63) is 65.4 Å². The van der Waals surface area contributed by atoms with E-state index in [1.165, 1.54) is 0 Å². The topological polar surface area (TPSA) is 68.0 Å². The maximum atomic E-state index is 12.2. The van der Waals surface area contributed by atoms with Gasteiger partial charge in [0, 0.05) is 17.8 Å². The minimum atomic E-state index is -0.230. The van der Waals surface area contributed by atoms with E-state index in [1.807, 2.05) is 44.2 Å². The van der Waals surface area contributed by atoms with Crippen molar-refractivity contribution in [2.75, 3.05) is 5.32 Å². The lowest BCUT2D eigenvalue weighted by Gasteiger charge is -2.04. The first-order valence-corrected chi connectivity index (χ1v) is 6.90. The lowest BCUT2D eigenvalue weighted by Crippen LogP contribution is -2.11. The summed E-state index contributed by atoms with van der Waals surface area (Å²) in [5.74, 6) is 0.0655. The van der Waals surface area contributed by atoms with Crippen LogP contribution in [0.4, 0.5) is 5.88 Å². The molecule has 2 aromatic heterocycles. The van der Waals surface area contributed by atoms with Gasteiger partial charge in [0.05, 0.1) is 5.69 Å². The Bertz CT molecular complexity index is 810. The second-order valence-electron chi connectivity index (χ2n) is 5.04. The second kappa shape index (κ2) is 5.81. The van der Waals surface area contributed by atoms with Gasteiger partial charge in [0.25, 0.3) is 5.91 Å². The molecule has 0 fully saturated rings. The van der Waals surface area contributed by atoms with E-state index in [9.17, 15) is 4.79 Å². The number of benzene rings is 1. The van der Waals surface area contributed by atoms with Gasteiger partial charge in [-0.15, -0.1) is 0 Å². The summed E-state index contributed by atoms with van der Waals surface area (Å²) >= 11 is 0. The predicted molar refractivity (Wildman–Crippen MR) is 83.6 cm³/mol. The van der Waals surface area contributed by atoms with Crippen molar-refractivity contribution in [2.24, 2.45) is 0 Å². The van der Waals surface area contributed by atoms with Gasteiger partial charge in [0.1, 0.15) is 5.69 Å². The summed E-state index contributed by atoms with van der Waals surface area (Å²) in [7, 11) is 0. The van der Waals surface area contributed by atoms with E-state index in [0.29, 0.717) is 22.8 Å². The molecule has 0 radical (unpaired) electrons. The van der Waals surface area contributed by atoms with Gasteiger partial charge in [-0.3, -0.25) is 15.1 Å². The molecule has 5 heteroatoms. The number of carbonyl (C=O) groups excluding carboxylic acids is 1. The van der Waals surface area contributed by atoms with Gasteiger partial charge in [-0.25, -0.2) is 0 Å². The van der Waals surface area contributed by atoms with Gasteiger partial charge in [0.2, 0.25) is 5.88 Å². The molecule has 0 saturated carbocycles. The number of anilines is 1. The van der Waals surface area contributed by atoms with E-state index in [-0.39, 0.29) is 5.91 Å². The number of nitrogens with zero attached hydrogens (tertiary/aromatic N) is 2. The molecule has 0 saturated heterocycles. The Morgan fingerprint density at radius 3 is 2.64 bits per heavy atom. The zero-order chi connectivity index (χ0) is 15.5. The van der Waals surface area contributed by atoms with Crippen LogP contribution in [0.15, 0.2) is 53.2 Å². The number of hydrogen-bond donors (Lipinski definition) is 1. The second-order valence-corrected chi connectivity index (χ2v) is 5.04.